The summed E-state index contributed by atoms with van der Waals surface area (Å²) < 4.78 is 0. The van der Waals surface area contributed by atoms with Crippen molar-refractivity contribution < 1.29 is 14.7 Å². The number of carbonyl (C=O) groups is 2. The van der Waals surface area contributed by atoms with Gasteiger partial charge in [0.2, 0.25) is 16.9 Å². The molecule has 1 aromatic carbocycles. The van der Waals surface area contributed by atoms with Gasteiger partial charge in [-0.25, -0.2) is 5.43 Å². The second-order valence-corrected chi connectivity index (χ2v) is 5.89. The summed E-state index contributed by atoms with van der Waals surface area (Å²) in [5, 5.41) is 24.5. The van der Waals surface area contributed by atoms with Gasteiger partial charge in [-0.1, -0.05) is 30.4 Å². The van der Waals surface area contributed by atoms with Crippen LogP contribution in [0.15, 0.2) is 29.4 Å². The van der Waals surface area contributed by atoms with Crippen LogP contribution in [0.2, 0.25) is 0 Å². The molecule has 0 bridgehead atoms. The van der Waals surface area contributed by atoms with E-state index in [9.17, 15) is 14.7 Å². The van der Waals surface area contributed by atoms with Gasteiger partial charge in [-0.15, -0.1) is 10.2 Å². The van der Waals surface area contributed by atoms with Gasteiger partial charge in [0.15, 0.2) is 0 Å². The van der Waals surface area contributed by atoms with Crippen LogP contribution in [0.5, 0.6) is 5.75 Å². The van der Waals surface area contributed by atoms with Gasteiger partial charge in [0.1, 0.15) is 10.8 Å². The smallest absolute Gasteiger partial charge is 0.247 e. The Hall–Kier alpha value is -2.81. The largest absolute Gasteiger partial charge is 0.507 e. The molecule has 0 spiro atoms. The fraction of sp³-hybridized carbons (Fsp3) is 0.267. The SMILES string of the molecule is CCCC(=O)Nc1nnc(CC(=O)NN=Cc2ccccc2O)s1. The lowest BCUT2D eigenvalue weighted by Crippen LogP contribution is -2.19. The number of anilines is 1. The van der Waals surface area contributed by atoms with Crippen LogP contribution >= 0.6 is 11.3 Å². The first-order valence-electron chi connectivity index (χ1n) is 7.30. The Kier molecular flexibility index (Phi) is 6.38. The zero-order valence-electron chi connectivity index (χ0n) is 13.0. The van der Waals surface area contributed by atoms with Gasteiger partial charge < -0.3 is 10.4 Å². The Morgan fingerprint density at radius 1 is 1.29 bits per heavy atom. The molecule has 126 valence electrons. The molecule has 0 saturated heterocycles. The summed E-state index contributed by atoms with van der Waals surface area (Å²) in [5.74, 6) is -0.423. The fourth-order valence-electron chi connectivity index (χ4n) is 1.73. The number of carbonyl (C=O) groups excluding carboxylic acids is 2. The standard InChI is InChI=1S/C15H17N5O3S/c1-2-5-12(22)17-15-20-19-14(24-15)8-13(23)18-16-9-10-6-3-4-7-11(10)21/h3-4,6-7,9,21H,2,5,8H2,1H3,(H,18,23)(H,17,20,22). The molecule has 3 N–H and O–H groups in total. The molecule has 24 heavy (non-hydrogen) atoms. The maximum absolute atomic E-state index is 11.8. The number of para-hydroxylation sites is 1. The van der Waals surface area contributed by atoms with Crippen LogP contribution in [-0.2, 0) is 16.0 Å². The second kappa shape index (κ2) is 8.73. The zero-order chi connectivity index (χ0) is 17.4. The fourth-order valence-corrected chi connectivity index (χ4v) is 2.49. The van der Waals surface area contributed by atoms with E-state index >= 15 is 0 Å². The first-order chi connectivity index (χ1) is 11.6. The number of hydrogen-bond donors (Lipinski definition) is 3. The van der Waals surface area contributed by atoms with E-state index < -0.39 is 0 Å². The third-order valence-electron chi connectivity index (χ3n) is 2.83. The zero-order valence-corrected chi connectivity index (χ0v) is 13.8. The molecule has 9 heteroatoms. The number of amides is 2. The van der Waals surface area contributed by atoms with E-state index in [4.69, 9.17) is 0 Å². The molecule has 0 radical (unpaired) electrons. The lowest BCUT2D eigenvalue weighted by atomic mass is 10.2. The number of aromatic nitrogens is 2. The van der Waals surface area contributed by atoms with E-state index in [1.54, 1.807) is 18.2 Å². The summed E-state index contributed by atoms with van der Waals surface area (Å²) in [7, 11) is 0. The van der Waals surface area contributed by atoms with E-state index in [-0.39, 0.29) is 24.0 Å². The number of aromatic hydroxyl groups is 1. The van der Waals surface area contributed by atoms with E-state index in [1.165, 1.54) is 12.3 Å². The molecular formula is C15H17N5O3S. The Morgan fingerprint density at radius 3 is 2.83 bits per heavy atom. The number of benzene rings is 1. The minimum Gasteiger partial charge on any atom is -0.507 e. The lowest BCUT2D eigenvalue weighted by Gasteiger charge is -1.98. The number of phenolic OH excluding ortho intramolecular Hbond substituents is 1. The topological polar surface area (TPSA) is 117 Å². The van der Waals surface area contributed by atoms with Crippen LogP contribution < -0.4 is 10.7 Å². The van der Waals surface area contributed by atoms with Crippen LogP contribution in [-0.4, -0.2) is 33.3 Å². The molecule has 2 rings (SSSR count). The van der Waals surface area contributed by atoms with Crippen molar-refractivity contribution in [1.82, 2.24) is 15.6 Å². The van der Waals surface area contributed by atoms with Crippen LogP contribution in [0.1, 0.15) is 30.3 Å². The number of nitrogens with one attached hydrogen (secondary N) is 2. The average molecular weight is 347 g/mol. The van der Waals surface area contributed by atoms with Gasteiger partial charge in [0, 0.05) is 12.0 Å². The number of phenols is 1. The van der Waals surface area contributed by atoms with Gasteiger partial charge in [-0.2, -0.15) is 5.10 Å². The third kappa shape index (κ3) is 5.43. The Labute approximate surface area is 142 Å². The molecule has 0 saturated carbocycles. The molecular weight excluding hydrogens is 330 g/mol. The van der Waals surface area contributed by atoms with E-state index in [2.05, 4.69) is 26.0 Å². The van der Waals surface area contributed by atoms with Gasteiger partial charge in [-0.3, -0.25) is 9.59 Å². The van der Waals surface area contributed by atoms with Crippen LogP contribution in [0.3, 0.4) is 0 Å². The summed E-state index contributed by atoms with van der Waals surface area (Å²) >= 11 is 1.14. The maximum atomic E-state index is 11.8. The first kappa shape index (κ1) is 17.5. The molecule has 1 aromatic heterocycles. The van der Waals surface area contributed by atoms with Crippen molar-refractivity contribution >= 4 is 34.5 Å². The van der Waals surface area contributed by atoms with Crippen molar-refractivity contribution in [2.75, 3.05) is 5.32 Å². The minimum absolute atomic E-state index is 0.000569. The van der Waals surface area contributed by atoms with Gasteiger partial charge in [-0.05, 0) is 18.6 Å². The van der Waals surface area contributed by atoms with Gasteiger partial charge >= 0.3 is 0 Å². The molecule has 8 nitrogen and oxygen atoms in total. The van der Waals surface area contributed by atoms with Crippen LogP contribution in [0.4, 0.5) is 5.13 Å². The number of hydrogen-bond acceptors (Lipinski definition) is 7. The monoisotopic (exact) mass is 347 g/mol. The molecule has 0 aliphatic heterocycles. The highest BCUT2D eigenvalue weighted by atomic mass is 32.1. The highest BCUT2D eigenvalue weighted by Gasteiger charge is 2.10. The molecule has 0 fully saturated rings. The summed E-state index contributed by atoms with van der Waals surface area (Å²) in [4.78, 5) is 23.2. The van der Waals surface area contributed by atoms with Crippen molar-refractivity contribution in [3.8, 4) is 5.75 Å². The van der Waals surface area contributed by atoms with Crippen molar-refractivity contribution in [3.63, 3.8) is 0 Å². The van der Waals surface area contributed by atoms with E-state index in [0.29, 0.717) is 22.1 Å². The maximum Gasteiger partial charge on any atom is 0.247 e. The van der Waals surface area contributed by atoms with Gasteiger partial charge in [0.25, 0.3) is 0 Å². The molecule has 0 unspecified atom stereocenters. The number of nitrogens with zero attached hydrogens (tertiary/aromatic N) is 3. The van der Waals surface area contributed by atoms with Crippen molar-refractivity contribution in [1.29, 1.82) is 0 Å². The quantitative estimate of drug-likeness (QED) is 0.520. The minimum atomic E-state index is -0.371. The Morgan fingerprint density at radius 2 is 2.08 bits per heavy atom. The summed E-state index contributed by atoms with van der Waals surface area (Å²) in [6.07, 6.45) is 2.51. The number of hydrazone groups is 1. The third-order valence-corrected chi connectivity index (χ3v) is 3.67. The lowest BCUT2D eigenvalue weighted by molar-refractivity contribution is -0.120. The van der Waals surface area contributed by atoms with Crippen molar-refractivity contribution in [3.05, 3.63) is 34.8 Å². The summed E-state index contributed by atoms with van der Waals surface area (Å²) in [6.45, 7) is 1.91. The van der Waals surface area contributed by atoms with Crippen molar-refractivity contribution in [2.24, 2.45) is 5.10 Å². The van der Waals surface area contributed by atoms with E-state index in [0.717, 1.165) is 17.8 Å². The first-order valence-corrected chi connectivity index (χ1v) is 8.12. The van der Waals surface area contributed by atoms with Crippen molar-refractivity contribution in [2.45, 2.75) is 26.2 Å². The predicted octanol–water partition coefficient (Wildman–Crippen LogP) is 1.68. The normalized spacial score (nSPS) is 10.7. The molecule has 0 aliphatic rings. The highest BCUT2D eigenvalue weighted by Crippen LogP contribution is 2.16. The van der Waals surface area contributed by atoms with E-state index in [1.807, 2.05) is 6.92 Å². The number of rotatable bonds is 7. The Bertz CT molecular complexity index is 744. The Balaban J connectivity index is 1.83. The molecule has 2 aromatic rings. The van der Waals surface area contributed by atoms with Gasteiger partial charge in [0.05, 0.1) is 12.6 Å². The average Bonchev–Trinajstić information content (AvgIpc) is 2.96. The summed E-state index contributed by atoms with van der Waals surface area (Å²) in [6, 6.07) is 6.63. The highest BCUT2D eigenvalue weighted by molar-refractivity contribution is 7.15. The molecule has 2 amide bonds. The van der Waals surface area contributed by atoms with Crippen LogP contribution in [0.25, 0.3) is 0 Å². The summed E-state index contributed by atoms with van der Waals surface area (Å²) in [5.41, 5.74) is 2.84. The van der Waals surface area contributed by atoms with Crippen LogP contribution in [0, 0.1) is 0 Å². The molecule has 0 aliphatic carbocycles. The molecule has 1 heterocycles. The molecule has 0 atom stereocenters. The second-order valence-electron chi connectivity index (χ2n) is 4.83. The predicted molar refractivity (Wildman–Crippen MR) is 91.0 cm³/mol.